The molecule has 0 saturated carbocycles. The van der Waals surface area contributed by atoms with E-state index in [2.05, 4.69) is 5.92 Å². The van der Waals surface area contributed by atoms with Crippen molar-refractivity contribution in [1.82, 2.24) is 4.31 Å². The standard InChI is InChI=1S/C10H10F2N2O2S/c1-3-6-14(2)17(15,16)8-5-4-7(11)10(13)9(8)12/h1,4-5H,6,13H2,2H3. The highest BCUT2D eigenvalue weighted by atomic mass is 32.2. The summed E-state index contributed by atoms with van der Waals surface area (Å²) in [4.78, 5) is -0.700. The van der Waals surface area contributed by atoms with Gasteiger partial charge in [0.05, 0.1) is 6.54 Å². The second-order valence-corrected chi connectivity index (χ2v) is 5.25. The van der Waals surface area contributed by atoms with Crippen molar-refractivity contribution in [3.05, 3.63) is 23.8 Å². The number of sulfonamides is 1. The summed E-state index contributed by atoms with van der Waals surface area (Å²) in [5.74, 6) is -0.216. The van der Waals surface area contributed by atoms with E-state index in [9.17, 15) is 17.2 Å². The maximum Gasteiger partial charge on any atom is 0.246 e. The van der Waals surface area contributed by atoms with Crippen molar-refractivity contribution in [1.29, 1.82) is 0 Å². The summed E-state index contributed by atoms with van der Waals surface area (Å²) in [5.41, 5.74) is 4.25. The van der Waals surface area contributed by atoms with E-state index in [4.69, 9.17) is 12.2 Å². The summed E-state index contributed by atoms with van der Waals surface area (Å²) in [6.07, 6.45) is 4.96. The fraction of sp³-hybridized carbons (Fsp3) is 0.200. The summed E-state index contributed by atoms with van der Waals surface area (Å²) in [6.45, 7) is -0.223. The second-order valence-electron chi connectivity index (χ2n) is 3.24. The van der Waals surface area contributed by atoms with Crippen molar-refractivity contribution >= 4 is 15.7 Å². The van der Waals surface area contributed by atoms with Gasteiger partial charge >= 0.3 is 0 Å². The van der Waals surface area contributed by atoms with Crippen LogP contribution in [-0.2, 0) is 10.0 Å². The van der Waals surface area contributed by atoms with Gasteiger partial charge in [-0.15, -0.1) is 6.42 Å². The molecule has 7 heteroatoms. The van der Waals surface area contributed by atoms with E-state index in [1.807, 2.05) is 0 Å². The van der Waals surface area contributed by atoms with Gasteiger partial charge in [0, 0.05) is 7.05 Å². The van der Waals surface area contributed by atoms with Gasteiger partial charge in [-0.3, -0.25) is 0 Å². The van der Waals surface area contributed by atoms with Crippen LogP contribution in [0.15, 0.2) is 17.0 Å². The lowest BCUT2D eigenvalue weighted by Gasteiger charge is -2.15. The van der Waals surface area contributed by atoms with Crippen LogP contribution < -0.4 is 5.73 Å². The predicted octanol–water partition coefficient (Wildman–Crippen LogP) is 0.801. The average molecular weight is 260 g/mol. The van der Waals surface area contributed by atoms with E-state index < -0.39 is 32.2 Å². The molecule has 17 heavy (non-hydrogen) atoms. The normalized spacial score (nSPS) is 11.5. The first kappa shape index (κ1) is 13.4. The first-order valence-corrected chi connectivity index (χ1v) is 5.89. The van der Waals surface area contributed by atoms with Crippen LogP contribution in [0.3, 0.4) is 0 Å². The van der Waals surface area contributed by atoms with Crippen molar-refractivity contribution < 1.29 is 17.2 Å². The predicted molar refractivity (Wildman–Crippen MR) is 59.4 cm³/mol. The van der Waals surface area contributed by atoms with E-state index in [1.54, 1.807) is 0 Å². The maximum atomic E-state index is 13.5. The minimum absolute atomic E-state index is 0.223. The van der Waals surface area contributed by atoms with Gasteiger partial charge in [-0.05, 0) is 12.1 Å². The molecule has 0 aliphatic carbocycles. The molecule has 0 unspecified atom stereocenters. The number of hydrogen-bond acceptors (Lipinski definition) is 3. The third-order valence-electron chi connectivity index (χ3n) is 2.09. The highest BCUT2D eigenvalue weighted by Gasteiger charge is 2.26. The largest absolute Gasteiger partial charge is 0.394 e. The minimum atomic E-state index is -4.10. The quantitative estimate of drug-likeness (QED) is 0.646. The molecule has 92 valence electrons. The van der Waals surface area contributed by atoms with E-state index in [0.717, 1.165) is 16.4 Å². The highest BCUT2D eigenvalue weighted by molar-refractivity contribution is 7.89. The number of halogens is 2. The van der Waals surface area contributed by atoms with Crippen molar-refractivity contribution in [3.63, 3.8) is 0 Å². The number of anilines is 1. The average Bonchev–Trinajstić information content (AvgIpc) is 2.26. The summed E-state index contributed by atoms with van der Waals surface area (Å²) in [5, 5.41) is 0. The Hall–Kier alpha value is -1.65. The molecular formula is C10H10F2N2O2S. The van der Waals surface area contributed by atoms with Gasteiger partial charge in [0.1, 0.15) is 16.4 Å². The zero-order valence-electron chi connectivity index (χ0n) is 8.94. The molecule has 0 aliphatic rings. The van der Waals surface area contributed by atoms with Crippen molar-refractivity contribution in [2.45, 2.75) is 4.90 Å². The Morgan fingerprint density at radius 2 is 2.06 bits per heavy atom. The van der Waals surface area contributed by atoms with E-state index in [-0.39, 0.29) is 6.54 Å². The number of nitrogen functional groups attached to an aromatic ring is 1. The van der Waals surface area contributed by atoms with Crippen LogP contribution in [0.1, 0.15) is 0 Å². The topological polar surface area (TPSA) is 63.4 Å². The van der Waals surface area contributed by atoms with Gasteiger partial charge in [-0.1, -0.05) is 5.92 Å². The van der Waals surface area contributed by atoms with Gasteiger partial charge in [-0.25, -0.2) is 17.2 Å². The molecule has 1 aromatic rings. The molecule has 0 fully saturated rings. The van der Waals surface area contributed by atoms with Crippen molar-refractivity contribution in [3.8, 4) is 12.3 Å². The molecule has 0 aromatic heterocycles. The van der Waals surface area contributed by atoms with Crippen LogP contribution in [0.5, 0.6) is 0 Å². The SMILES string of the molecule is C#CCN(C)S(=O)(=O)c1ccc(F)c(N)c1F. The van der Waals surface area contributed by atoms with Gasteiger partial charge in [0.15, 0.2) is 5.82 Å². The van der Waals surface area contributed by atoms with Gasteiger partial charge < -0.3 is 5.73 Å². The molecule has 1 aromatic carbocycles. The smallest absolute Gasteiger partial charge is 0.246 e. The number of hydrogen-bond donors (Lipinski definition) is 1. The van der Waals surface area contributed by atoms with Crippen LogP contribution in [0.4, 0.5) is 14.5 Å². The summed E-state index contributed by atoms with van der Waals surface area (Å²) < 4.78 is 50.8. The first-order valence-electron chi connectivity index (χ1n) is 4.45. The molecule has 0 heterocycles. The Morgan fingerprint density at radius 1 is 1.47 bits per heavy atom. The molecule has 0 bridgehead atoms. The third-order valence-corrected chi connectivity index (χ3v) is 3.91. The maximum absolute atomic E-state index is 13.5. The molecular weight excluding hydrogens is 250 g/mol. The van der Waals surface area contributed by atoms with Crippen LogP contribution in [-0.4, -0.2) is 26.3 Å². The second kappa shape index (κ2) is 4.69. The zero-order valence-corrected chi connectivity index (χ0v) is 9.76. The number of benzene rings is 1. The number of rotatable bonds is 3. The fourth-order valence-corrected chi connectivity index (χ4v) is 2.29. The molecule has 0 aliphatic heterocycles. The summed E-state index contributed by atoms with van der Waals surface area (Å²) in [6, 6.07) is 1.60. The molecule has 0 saturated heterocycles. The summed E-state index contributed by atoms with van der Waals surface area (Å²) in [7, 11) is -2.91. The Morgan fingerprint density at radius 3 is 2.59 bits per heavy atom. The van der Waals surface area contributed by atoms with Crippen LogP contribution in [0, 0.1) is 24.0 Å². The highest BCUT2D eigenvalue weighted by Crippen LogP contribution is 2.24. The van der Waals surface area contributed by atoms with E-state index in [1.165, 1.54) is 7.05 Å². The molecule has 4 nitrogen and oxygen atoms in total. The lowest BCUT2D eigenvalue weighted by molar-refractivity contribution is 0.491. The van der Waals surface area contributed by atoms with E-state index >= 15 is 0 Å². The number of terminal acetylenes is 1. The first-order chi connectivity index (χ1) is 7.82. The van der Waals surface area contributed by atoms with Crippen molar-refractivity contribution in [2.75, 3.05) is 19.3 Å². The van der Waals surface area contributed by atoms with E-state index in [0.29, 0.717) is 0 Å². The lowest BCUT2D eigenvalue weighted by atomic mass is 10.3. The number of nitrogens with zero attached hydrogens (tertiary/aromatic N) is 1. The number of nitrogens with two attached hydrogens (primary N) is 1. The molecule has 2 N–H and O–H groups in total. The molecule has 1 rings (SSSR count). The Labute approximate surface area is 98.1 Å². The Bertz CT molecular complexity index is 579. The molecule has 0 radical (unpaired) electrons. The van der Waals surface area contributed by atoms with Gasteiger partial charge in [0.25, 0.3) is 0 Å². The Balaban J connectivity index is 3.36. The minimum Gasteiger partial charge on any atom is -0.394 e. The Kier molecular flexibility index (Phi) is 3.70. The van der Waals surface area contributed by atoms with Crippen LogP contribution in [0.25, 0.3) is 0 Å². The van der Waals surface area contributed by atoms with Gasteiger partial charge in [0.2, 0.25) is 10.0 Å². The van der Waals surface area contributed by atoms with Crippen LogP contribution in [0.2, 0.25) is 0 Å². The fourth-order valence-electron chi connectivity index (χ4n) is 1.13. The summed E-state index contributed by atoms with van der Waals surface area (Å²) >= 11 is 0. The van der Waals surface area contributed by atoms with Crippen LogP contribution >= 0.6 is 0 Å². The third kappa shape index (κ3) is 2.38. The van der Waals surface area contributed by atoms with Gasteiger partial charge in [-0.2, -0.15) is 4.31 Å². The zero-order chi connectivity index (χ0) is 13.2. The lowest BCUT2D eigenvalue weighted by Crippen LogP contribution is -2.28. The monoisotopic (exact) mass is 260 g/mol. The molecule has 0 amide bonds. The molecule has 0 atom stereocenters. The van der Waals surface area contributed by atoms with Crippen molar-refractivity contribution in [2.24, 2.45) is 0 Å². The molecule has 0 spiro atoms.